The van der Waals surface area contributed by atoms with Crippen molar-refractivity contribution in [3.05, 3.63) is 35.4 Å². The number of benzene rings is 1. The van der Waals surface area contributed by atoms with Gasteiger partial charge in [0.05, 0.1) is 0 Å². The van der Waals surface area contributed by atoms with Crippen molar-refractivity contribution in [1.29, 1.82) is 0 Å². The standard InChI is InChI=1S/C16H24N2O/c1-12-2-4-14(5-3-12)11-18-16(19)15-8-6-13(10-17)7-9-15/h6-9,12,14H,2-5,10-11,17H2,1H3,(H,18,19). The Balaban J connectivity index is 1.80. The van der Waals surface area contributed by atoms with Gasteiger partial charge in [0.15, 0.2) is 0 Å². The molecule has 0 unspecified atom stereocenters. The van der Waals surface area contributed by atoms with E-state index >= 15 is 0 Å². The molecule has 1 saturated carbocycles. The third-order valence-corrected chi connectivity index (χ3v) is 4.14. The van der Waals surface area contributed by atoms with E-state index in [9.17, 15) is 4.79 Å². The molecular weight excluding hydrogens is 236 g/mol. The number of nitrogens with two attached hydrogens (primary N) is 1. The van der Waals surface area contributed by atoms with Crippen LogP contribution in [0.2, 0.25) is 0 Å². The van der Waals surface area contributed by atoms with Gasteiger partial charge in [0.2, 0.25) is 0 Å². The van der Waals surface area contributed by atoms with Gasteiger partial charge in [0.25, 0.3) is 5.91 Å². The van der Waals surface area contributed by atoms with E-state index in [-0.39, 0.29) is 5.91 Å². The third-order valence-electron chi connectivity index (χ3n) is 4.14. The SMILES string of the molecule is CC1CCC(CNC(=O)c2ccc(CN)cc2)CC1. The van der Waals surface area contributed by atoms with Crippen molar-refractivity contribution in [3.63, 3.8) is 0 Å². The lowest BCUT2D eigenvalue weighted by atomic mass is 9.83. The lowest BCUT2D eigenvalue weighted by molar-refractivity contribution is 0.0942. The number of rotatable bonds is 4. The van der Waals surface area contributed by atoms with Crippen molar-refractivity contribution in [3.8, 4) is 0 Å². The summed E-state index contributed by atoms with van der Waals surface area (Å²) in [6, 6.07) is 7.52. The molecule has 1 aromatic carbocycles. The molecule has 1 fully saturated rings. The molecule has 0 spiro atoms. The average Bonchev–Trinajstić information content (AvgIpc) is 2.46. The molecule has 3 nitrogen and oxygen atoms in total. The van der Waals surface area contributed by atoms with Gasteiger partial charge in [0, 0.05) is 18.7 Å². The fraction of sp³-hybridized carbons (Fsp3) is 0.562. The van der Waals surface area contributed by atoms with E-state index in [2.05, 4.69) is 12.2 Å². The zero-order valence-electron chi connectivity index (χ0n) is 11.7. The van der Waals surface area contributed by atoms with Crippen LogP contribution in [-0.4, -0.2) is 12.5 Å². The molecule has 0 atom stereocenters. The summed E-state index contributed by atoms with van der Waals surface area (Å²) in [4.78, 5) is 12.0. The Morgan fingerprint density at radius 2 is 1.84 bits per heavy atom. The average molecular weight is 260 g/mol. The van der Waals surface area contributed by atoms with Crippen molar-refractivity contribution in [2.75, 3.05) is 6.54 Å². The van der Waals surface area contributed by atoms with Crippen molar-refractivity contribution in [2.24, 2.45) is 17.6 Å². The van der Waals surface area contributed by atoms with E-state index in [1.54, 1.807) is 0 Å². The summed E-state index contributed by atoms with van der Waals surface area (Å²) in [5, 5.41) is 3.05. The maximum atomic E-state index is 12.0. The lowest BCUT2D eigenvalue weighted by Crippen LogP contribution is -2.31. The smallest absolute Gasteiger partial charge is 0.251 e. The molecule has 1 amide bonds. The molecule has 19 heavy (non-hydrogen) atoms. The number of carbonyl (C=O) groups is 1. The molecule has 1 aliphatic rings. The van der Waals surface area contributed by atoms with E-state index in [0.717, 1.165) is 23.6 Å². The predicted octanol–water partition coefficient (Wildman–Crippen LogP) is 2.70. The topological polar surface area (TPSA) is 55.1 Å². The third kappa shape index (κ3) is 4.06. The van der Waals surface area contributed by atoms with Crippen LogP contribution in [0.3, 0.4) is 0 Å². The first kappa shape index (κ1) is 14.1. The summed E-state index contributed by atoms with van der Waals surface area (Å²) in [5.74, 6) is 1.54. The highest BCUT2D eigenvalue weighted by Gasteiger charge is 2.18. The minimum atomic E-state index is 0.0298. The van der Waals surface area contributed by atoms with Gasteiger partial charge in [-0.25, -0.2) is 0 Å². The second-order valence-electron chi connectivity index (χ2n) is 5.74. The van der Waals surface area contributed by atoms with E-state index in [1.807, 2.05) is 24.3 Å². The van der Waals surface area contributed by atoms with Crippen LogP contribution in [0.25, 0.3) is 0 Å². The Morgan fingerprint density at radius 1 is 1.21 bits per heavy atom. The second-order valence-corrected chi connectivity index (χ2v) is 5.74. The van der Waals surface area contributed by atoms with Crippen LogP contribution in [0.4, 0.5) is 0 Å². The molecule has 1 aromatic rings. The Bertz CT molecular complexity index is 405. The summed E-state index contributed by atoms with van der Waals surface area (Å²) in [6.07, 6.45) is 5.08. The van der Waals surface area contributed by atoms with Crippen LogP contribution < -0.4 is 11.1 Å². The first-order chi connectivity index (χ1) is 9.19. The predicted molar refractivity (Wildman–Crippen MR) is 77.8 cm³/mol. The quantitative estimate of drug-likeness (QED) is 0.874. The Hall–Kier alpha value is -1.35. The molecule has 0 bridgehead atoms. The first-order valence-corrected chi connectivity index (χ1v) is 7.26. The molecule has 2 rings (SSSR count). The monoisotopic (exact) mass is 260 g/mol. The first-order valence-electron chi connectivity index (χ1n) is 7.26. The molecule has 0 radical (unpaired) electrons. The van der Waals surface area contributed by atoms with Crippen LogP contribution in [0.1, 0.15) is 48.5 Å². The molecule has 0 saturated heterocycles. The van der Waals surface area contributed by atoms with Crippen molar-refractivity contribution < 1.29 is 4.79 Å². The summed E-state index contributed by atoms with van der Waals surface area (Å²) in [6.45, 7) is 3.64. The molecule has 0 aromatic heterocycles. The fourth-order valence-electron chi connectivity index (χ4n) is 2.66. The van der Waals surface area contributed by atoms with Gasteiger partial charge in [-0.2, -0.15) is 0 Å². The molecular formula is C16H24N2O. The molecule has 3 heteroatoms. The fourth-order valence-corrected chi connectivity index (χ4v) is 2.66. The molecule has 0 aliphatic heterocycles. The van der Waals surface area contributed by atoms with E-state index in [4.69, 9.17) is 5.73 Å². The highest BCUT2D eigenvalue weighted by Crippen LogP contribution is 2.27. The van der Waals surface area contributed by atoms with Gasteiger partial charge < -0.3 is 11.1 Å². The normalized spacial score (nSPS) is 23.1. The Kier molecular flexibility index (Phi) is 4.97. The maximum absolute atomic E-state index is 12.0. The van der Waals surface area contributed by atoms with Gasteiger partial charge >= 0.3 is 0 Å². The van der Waals surface area contributed by atoms with Crippen LogP contribution >= 0.6 is 0 Å². The molecule has 104 valence electrons. The lowest BCUT2D eigenvalue weighted by Gasteiger charge is -2.26. The largest absolute Gasteiger partial charge is 0.352 e. The minimum absolute atomic E-state index is 0.0298. The molecule has 1 aliphatic carbocycles. The van der Waals surface area contributed by atoms with Gasteiger partial charge in [-0.3, -0.25) is 4.79 Å². The highest BCUT2D eigenvalue weighted by atomic mass is 16.1. The number of amides is 1. The summed E-state index contributed by atoms with van der Waals surface area (Å²) >= 11 is 0. The molecule has 0 heterocycles. The highest BCUT2D eigenvalue weighted by molar-refractivity contribution is 5.94. The second kappa shape index (κ2) is 6.71. The zero-order chi connectivity index (χ0) is 13.7. The summed E-state index contributed by atoms with van der Waals surface area (Å²) in [7, 11) is 0. The van der Waals surface area contributed by atoms with Crippen LogP contribution in [0, 0.1) is 11.8 Å². The van der Waals surface area contributed by atoms with E-state index in [0.29, 0.717) is 12.5 Å². The van der Waals surface area contributed by atoms with Gasteiger partial charge in [-0.1, -0.05) is 31.9 Å². The Morgan fingerprint density at radius 3 is 2.42 bits per heavy atom. The number of carbonyl (C=O) groups excluding carboxylic acids is 1. The Labute approximate surface area is 115 Å². The van der Waals surface area contributed by atoms with Crippen LogP contribution in [0.5, 0.6) is 0 Å². The van der Waals surface area contributed by atoms with Gasteiger partial charge in [-0.15, -0.1) is 0 Å². The summed E-state index contributed by atoms with van der Waals surface area (Å²) in [5.41, 5.74) is 7.32. The summed E-state index contributed by atoms with van der Waals surface area (Å²) < 4.78 is 0. The van der Waals surface area contributed by atoms with Crippen molar-refractivity contribution in [1.82, 2.24) is 5.32 Å². The van der Waals surface area contributed by atoms with Crippen molar-refractivity contribution in [2.45, 2.75) is 39.2 Å². The number of nitrogens with one attached hydrogen (secondary N) is 1. The van der Waals surface area contributed by atoms with E-state index < -0.39 is 0 Å². The van der Waals surface area contributed by atoms with Crippen LogP contribution in [-0.2, 0) is 6.54 Å². The van der Waals surface area contributed by atoms with Crippen molar-refractivity contribution >= 4 is 5.91 Å². The zero-order valence-corrected chi connectivity index (χ0v) is 11.7. The minimum Gasteiger partial charge on any atom is -0.352 e. The van der Waals surface area contributed by atoms with Gasteiger partial charge in [0.1, 0.15) is 0 Å². The molecule has 3 N–H and O–H groups in total. The number of hydrogen-bond donors (Lipinski definition) is 2. The van der Waals surface area contributed by atoms with Crippen LogP contribution in [0.15, 0.2) is 24.3 Å². The van der Waals surface area contributed by atoms with Gasteiger partial charge in [-0.05, 0) is 42.4 Å². The maximum Gasteiger partial charge on any atom is 0.251 e. The number of hydrogen-bond acceptors (Lipinski definition) is 2. The van der Waals surface area contributed by atoms with E-state index in [1.165, 1.54) is 25.7 Å².